The third-order valence-corrected chi connectivity index (χ3v) is 4.93. The molecular formula is C22H19BrO6. The number of ketones is 2. The highest BCUT2D eigenvalue weighted by Gasteiger charge is 2.14. The molecule has 4 rings (SSSR count). The summed E-state index contributed by atoms with van der Waals surface area (Å²) in [6.45, 7) is 2.95. The first-order chi connectivity index (χ1) is 13.8. The number of benzene rings is 2. The Morgan fingerprint density at radius 1 is 0.828 bits per heavy atom. The average Bonchev–Trinajstić information content (AvgIpc) is 3.34. The topological polar surface area (TPSA) is 78.9 Å². The molecule has 2 aromatic heterocycles. The van der Waals surface area contributed by atoms with Gasteiger partial charge >= 0.3 is 0 Å². The van der Waals surface area contributed by atoms with E-state index in [-0.39, 0.29) is 11.6 Å². The van der Waals surface area contributed by atoms with Crippen LogP contribution in [0.1, 0.15) is 35.0 Å². The highest BCUT2D eigenvalue weighted by molar-refractivity contribution is 9.10. The second-order valence-corrected chi connectivity index (χ2v) is 7.06. The van der Waals surface area contributed by atoms with Gasteiger partial charge in [-0.1, -0.05) is 28.1 Å². The first-order valence-corrected chi connectivity index (χ1v) is 9.49. The van der Waals surface area contributed by atoms with Crippen molar-refractivity contribution in [2.24, 2.45) is 0 Å². The van der Waals surface area contributed by atoms with Crippen molar-refractivity contribution in [3.63, 3.8) is 0 Å². The number of para-hydroxylation sites is 1. The van der Waals surface area contributed by atoms with E-state index < -0.39 is 0 Å². The smallest absolute Gasteiger partial charge is 0.194 e. The maximum absolute atomic E-state index is 11.2. The van der Waals surface area contributed by atoms with Crippen molar-refractivity contribution in [2.45, 2.75) is 13.8 Å². The van der Waals surface area contributed by atoms with Gasteiger partial charge in [-0.3, -0.25) is 9.59 Å². The zero-order chi connectivity index (χ0) is 21.1. The van der Waals surface area contributed by atoms with Crippen LogP contribution in [0.2, 0.25) is 0 Å². The van der Waals surface area contributed by atoms with E-state index in [2.05, 4.69) is 15.9 Å². The summed E-state index contributed by atoms with van der Waals surface area (Å²) in [7, 11) is 3.14. The van der Waals surface area contributed by atoms with Crippen LogP contribution in [0.3, 0.4) is 0 Å². The summed E-state index contributed by atoms with van der Waals surface area (Å²) in [5.41, 5.74) is 1.22. The van der Waals surface area contributed by atoms with Gasteiger partial charge in [0.15, 0.2) is 45.8 Å². The van der Waals surface area contributed by atoms with Gasteiger partial charge in [-0.2, -0.15) is 0 Å². The number of hydrogen-bond donors (Lipinski definition) is 0. The molecule has 0 saturated heterocycles. The zero-order valence-electron chi connectivity index (χ0n) is 16.4. The summed E-state index contributed by atoms with van der Waals surface area (Å²) in [5.74, 6) is 1.80. The van der Waals surface area contributed by atoms with Gasteiger partial charge in [0.1, 0.15) is 0 Å². The van der Waals surface area contributed by atoms with Gasteiger partial charge in [0.2, 0.25) is 0 Å². The summed E-state index contributed by atoms with van der Waals surface area (Å²) in [6.07, 6.45) is 0. The molecule has 0 fully saturated rings. The fourth-order valence-electron chi connectivity index (χ4n) is 2.77. The molecule has 7 heteroatoms. The highest BCUT2D eigenvalue weighted by Crippen LogP contribution is 2.34. The molecule has 0 amide bonds. The summed E-state index contributed by atoms with van der Waals surface area (Å²) >= 11 is 3.40. The van der Waals surface area contributed by atoms with Crippen LogP contribution in [0.4, 0.5) is 0 Å². The molecule has 0 aliphatic carbocycles. The van der Waals surface area contributed by atoms with Crippen LogP contribution in [0, 0.1) is 0 Å². The van der Waals surface area contributed by atoms with Crippen LogP contribution in [-0.2, 0) is 0 Å². The van der Waals surface area contributed by atoms with E-state index in [9.17, 15) is 9.59 Å². The maximum Gasteiger partial charge on any atom is 0.194 e. The molecule has 0 unspecified atom stereocenters. The Morgan fingerprint density at radius 3 is 2.03 bits per heavy atom. The van der Waals surface area contributed by atoms with Crippen LogP contribution in [0.25, 0.3) is 21.9 Å². The van der Waals surface area contributed by atoms with E-state index in [1.54, 1.807) is 38.5 Å². The fraction of sp³-hybridized carbons (Fsp3) is 0.182. The third kappa shape index (κ3) is 4.19. The van der Waals surface area contributed by atoms with Gasteiger partial charge < -0.3 is 18.3 Å². The van der Waals surface area contributed by atoms with Crippen molar-refractivity contribution in [1.82, 2.24) is 0 Å². The van der Waals surface area contributed by atoms with Crippen LogP contribution >= 0.6 is 15.9 Å². The molecule has 0 radical (unpaired) electrons. The van der Waals surface area contributed by atoms with Gasteiger partial charge in [-0.05, 0) is 30.3 Å². The lowest BCUT2D eigenvalue weighted by Gasteiger charge is -2.00. The molecule has 2 aromatic carbocycles. The number of methoxy groups -OCH3 is 2. The molecular weight excluding hydrogens is 440 g/mol. The number of Topliss-reactive ketones (excluding diaryl/α,β-unsaturated/α-hetero) is 2. The van der Waals surface area contributed by atoms with Crippen LogP contribution in [0.5, 0.6) is 11.5 Å². The lowest BCUT2D eigenvalue weighted by Crippen LogP contribution is -1.85. The van der Waals surface area contributed by atoms with Crippen molar-refractivity contribution < 1.29 is 27.9 Å². The molecule has 0 saturated carbocycles. The number of ether oxygens (including phenoxy) is 2. The summed E-state index contributed by atoms with van der Waals surface area (Å²) in [6, 6.07) is 12.6. The Bertz CT molecular complexity index is 1200. The molecule has 2 heterocycles. The first-order valence-electron chi connectivity index (χ1n) is 8.70. The van der Waals surface area contributed by atoms with Gasteiger partial charge in [0.25, 0.3) is 0 Å². The molecule has 0 N–H and O–H groups in total. The van der Waals surface area contributed by atoms with Crippen LogP contribution < -0.4 is 9.47 Å². The molecule has 0 aliphatic rings. The number of fused-ring (bicyclic) bond motifs is 2. The largest absolute Gasteiger partial charge is 0.493 e. The Balaban J connectivity index is 0.000000166. The summed E-state index contributed by atoms with van der Waals surface area (Å²) in [5, 5.41) is 1.73. The molecule has 150 valence electrons. The van der Waals surface area contributed by atoms with E-state index in [1.165, 1.54) is 13.8 Å². The van der Waals surface area contributed by atoms with Gasteiger partial charge in [0.05, 0.1) is 14.2 Å². The van der Waals surface area contributed by atoms with E-state index in [0.717, 1.165) is 15.2 Å². The molecule has 29 heavy (non-hydrogen) atoms. The van der Waals surface area contributed by atoms with Crippen LogP contribution in [-0.4, -0.2) is 25.8 Å². The van der Waals surface area contributed by atoms with E-state index in [1.807, 2.05) is 18.2 Å². The lowest BCUT2D eigenvalue weighted by molar-refractivity contribution is 0.0981. The second kappa shape index (κ2) is 8.53. The van der Waals surface area contributed by atoms with Crippen molar-refractivity contribution in [2.75, 3.05) is 14.2 Å². The average molecular weight is 459 g/mol. The standard InChI is InChI=1S/C11H9BrO3.C11H10O3/c1-6(13)10-5-7-8(12)3-4-9(14-2)11(7)15-10;1-7(12)10-6-8-4-3-5-9(13-2)11(8)14-10/h3-5H,1-2H3;3-6H,1-2H3. The molecule has 0 aliphatic heterocycles. The number of halogens is 1. The molecule has 6 nitrogen and oxygen atoms in total. The maximum atomic E-state index is 11.2. The predicted molar refractivity (Wildman–Crippen MR) is 113 cm³/mol. The highest BCUT2D eigenvalue weighted by atomic mass is 79.9. The third-order valence-electron chi connectivity index (χ3n) is 4.24. The summed E-state index contributed by atoms with van der Waals surface area (Å²) in [4.78, 5) is 22.3. The minimum absolute atomic E-state index is 0.0803. The van der Waals surface area contributed by atoms with Gasteiger partial charge in [-0.15, -0.1) is 0 Å². The quantitative estimate of drug-likeness (QED) is 0.346. The lowest BCUT2D eigenvalue weighted by atomic mass is 10.2. The van der Waals surface area contributed by atoms with E-state index in [0.29, 0.717) is 34.2 Å². The van der Waals surface area contributed by atoms with E-state index in [4.69, 9.17) is 18.3 Å². The van der Waals surface area contributed by atoms with E-state index >= 15 is 0 Å². The number of hydrogen-bond acceptors (Lipinski definition) is 6. The van der Waals surface area contributed by atoms with Crippen molar-refractivity contribution in [3.8, 4) is 11.5 Å². The number of furan rings is 2. The SMILES string of the molecule is COc1ccc(Br)c2cc(C(C)=O)oc12.COc1cccc2cc(C(C)=O)oc12. The molecule has 0 bridgehead atoms. The van der Waals surface area contributed by atoms with Crippen molar-refractivity contribution >= 4 is 49.4 Å². The number of carbonyl (C=O) groups is 2. The van der Waals surface area contributed by atoms with Crippen molar-refractivity contribution in [3.05, 3.63) is 58.5 Å². The van der Waals surface area contributed by atoms with Gasteiger partial charge in [0, 0.05) is 29.1 Å². The Kier molecular flexibility index (Phi) is 6.08. The Labute approximate surface area is 175 Å². The van der Waals surface area contributed by atoms with Crippen molar-refractivity contribution in [1.29, 1.82) is 0 Å². The monoisotopic (exact) mass is 458 g/mol. The zero-order valence-corrected chi connectivity index (χ0v) is 18.0. The number of rotatable bonds is 4. The fourth-order valence-corrected chi connectivity index (χ4v) is 3.20. The number of carbonyl (C=O) groups excluding carboxylic acids is 2. The minimum Gasteiger partial charge on any atom is -0.493 e. The molecule has 4 aromatic rings. The minimum atomic E-state index is -0.0971. The first kappa shape index (κ1) is 20.7. The Morgan fingerprint density at radius 2 is 1.41 bits per heavy atom. The van der Waals surface area contributed by atoms with Gasteiger partial charge in [-0.25, -0.2) is 0 Å². The second-order valence-electron chi connectivity index (χ2n) is 6.20. The predicted octanol–water partition coefficient (Wildman–Crippen LogP) is 6.05. The van der Waals surface area contributed by atoms with Crippen LogP contribution in [0.15, 0.2) is 55.8 Å². The Hall–Kier alpha value is -3.06. The molecule has 0 atom stereocenters. The normalized spacial score (nSPS) is 10.5. The summed E-state index contributed by atoms with van der Waals surface area (Å²) < 4.78 is 22.0. The molecule has 0 spiro atoms.